The maximum absolute atomic E-state index is 13.5. The summed E-state index contributed by atoms with van der Waals surface area (Å²) < 4.78 is 75.3. The van der Waals surface area contributed by atoms with Crippen LogP contribution < -0.4 is 37.9 Å². The fraction of sp³-hybridized carbons (Fsp3) is 0.378. The summed E-state index contributed by atoms with van der Waals surface area (Å²) in [5, 5.41) is 9.23. The number of amides is 6. The molecule has 32 nitrogen and oxygen atoms in total. The van der Waals surface area contributed by atoms with Gasteiger partial charge in [-0.3, -0.25) is 48.7 Å². The number of carbonyl (C=O) groups excluding carboxylic acids is 7. The van der Waals surface area contributed by atoms with Gasteiger partial charge in [-0.2, -0.15) is 0 Å². The van der Waals surface area contributed by atoms with E-state index in [-0.39, 0.29) is 113 Å². The number of carbonyl (C=O) groups is 8. The first-order chi connectivity index (χ1) is 59.6. The number of aliphatic carboxylic acids is 1. The van der Waals surface area contributed by atoms with E-state index in [1.165, 1.54) is 28.4 Å². The van der Waals surface area contributed by atoms with E-state index in [4.69, 9.17) is 71.6 Å². The van der Waals surface area contributed by atoms with Crippen molar-refractivity contribution >= 4 is 107 Å². The van der Waals surface area contributed by atoms with Crippen LogP contribution in [0, 0.1) is 4.78 Å². The molecule has 15 rings (SSSR count). The van der Waals surface area contributed by atoms with Crippen LogP contribution in [0.5, 0.6) is 46.0 Å². The molecule has 6 aromatic rings. The van der Waals surface area contributed by atoms with E-state index in [0.717, 1.165) is 55.7 Å². The third-order valence-electron chi connectivity index (χ3n) is 21.5. The summed E-state index contributed by atoms with van der Waals surface area (Å²) in [4.78, 5) is 131. The van der Waals surface area contributed by atoms with E-state index >= 15 is 0 Å². The largest absolute Gasteiger partial charge is 0.493 e. The van der Waals surface area contributed by atoms with E-state index in [9.17, 15) is 38.4 Å². The number of nitrogens with one attached hydrogen (secondary N) is 1. The van der Waals surface area contributed by atoms with E-state index in [0.29, 0.717) is 193 Å². The number of hydroxylamine groups is 2. The van der Waals surface area contributed by atoms with Gasteiger partial charge >= 0.3 is 11.9 Å². The van der Waals surface area contributed by atoms with Gasteiger partial charge in [-0.15, -0.1) is 5.06 Å². The number of carboxylic acids is 1. The average Bonchev–Trinajstić information content (AvgIpc) is 1.67. The Labute approximate surface area is 715 Å². The number of hydrogen-bond acceptors (Lipinski definition) is 27. The molecular formula is C90H96N10O22S. The van der Waals surface area contributed by atoms with Crippen LogP contribution in [0.1, 0.15) is 126 Å². The van der Waals surface area contributed by atoms with E-state index in [2.05, 4.69) is 70.8 Å². The van der Waals surface area contributed by atoms with Gasteiger partial charge in [-0.25, -0.2) is 14.4 Å². The molecule has 9 heterocycles. The third kappa shape index (κ3) is 21.4. The second-order valence-electron chi connectivity index (χ2n) is 30.5. The van der Waals surface area contributed by atoms with E-state index in [1.54, 1.807) is 93.0 Å². The van der Waals surface area contributed by atoms with Crippen LogP contribution in [0.4, 0.5) is 22.7 Å². The van der Waals surface area contributed by atoms with Gasteiger partial charge in [0.25, 0.3) is 35.4 Å². The summed E-state index contributed by atoms with van der Waals surface area (Å²) in [6.45, 7) is 19.7. The van der Waals surface area contributed by atoms with Crippen molar-refractivity contribution in [3.63, 3.8) is 0 Å². The standard InChI is InChI=1S/C47H49N5O12.C43H46N4O10.HNS/c1-28-12-33-21-48-37-19-41(39(58-3)17-35(37)46(56)50(33)23-28)62-25-31-14-30(6-5-9-60-10-11-61-27-45(55)64-52-43(53)7-8-44(52)54)15-32(16-31)26-63-42-20-38-36(18-40(42)59-4)47(57)51-24-29(2)13-34(51)22-49-38;1-26-10-31-19-44-35-17-39(37(52-3)15-33(35)42(50)46(31)21-26)56-23-29-12-28(6-5-7-54-8-9-55-25-41(48)49)13-30(14-29)24-57-40-18-36-34(16-38(40)53-4)43(51)47-22-27(2)11-32(47)20-45-36;1-2/h14-22,33-34H,1-2,5-13,23-27H2,3-4H3;12-20,31-32H,1-2,5-11,21-25H2,3-4H3,(H,48,49);1H/t33-,34-;31-,32-;/m00./s1. The van der Waals surface area contributed by atoms with Gasteiger partial charge in [0.05, 0.1) is 124 Å². The van der Waals surface area contributed by atoms with Gasteiger partial charge < -0.3 is 86.4 Å². The lowest BCUT2D eigenvalue weighted by molar-refractivity contribution is -0.200. The van der Waals surface area contributed by atoms with Crippen molar-refractivity contribution in [1.29, 1.82) is 4.78 Å². The summed E-state index contributed by atoms with van der Waals surface area (Å²) >= 11 is 3.33. The number of imide groups is 1. The van der Waals surface area contributed by atoms with Gasteiger partial charge in [-0.1, -0.05) is 72.9 Å². The zero-order valence-corrected chi connectivity index (χ0v) is 69.7. The van der Waals surface area contributed by atoms with Crippen molar-refractivity contribution in [3.05, 3.63) is 189 Å². The van der Waals surface area contributed by atoms with Crippen LogP contribution in [0.3, 0.4) is 0 Å². The second kappa shape index (κ2) is 40.7. The predicted octanol–water partition coefficient (Wildman–Crippen LogP) is 11.6. The molecule has 33 heteroatoms. The molecule has 0 unspecified atom stereocenters. The first-order valence-electron chi connectivity index (χ1n) is 40.1. The number of carboxylic acid groups (broad SMARTS) is 1. The highest BCUT2D eigenvalue weighted by Gasteiger charge is 2.40. The highest BCUT2D eigenvalue weighted by atomic mass is 32.1. The zero-order valence-electron chi connectivity index (χ0n) is 68.9. The molecule has 4 atom stereocenters. The molecule has 0 saturated carbocycles. The molecule has 644 valence electrons. The summed E-state index contributed by atoms with van der Waals surface area (Å²) in [5.41, 5.74) is 13.2. The van der Waals surface area contributed by atoms with Crippen LogP contribution in [-0.2, 0) is 94.7 Å². The van der Waals surface area contributed by atoms with Crippen molar-refractivity contribution in [3.8, 4) is 46.0 Å². The Morgan fingerprint density at radius 1 is 0.390 bits per heavy atom. The van der Waals surface area contributed by atoms with Crippen molar-refractivity contribution in [2.75, 3.05) is 107 Å². The molecule has 123 heavy (non-hydrogen) atoms. The predicted molar refractivity (Wildman–Crippen MR) is 454 cm³/mol. The Morgan fingerprint density at radius 3 is 0.951 bits per heavy atom. The molecule has 9 aliphatic heterocycles. The Morgan fingerprint density at radius 2 is 0.667 bits per heavy atom. The summed E-state index contributed by atoms with van der Waals surface area (Å²) in [6, 6.07) is 25.2. The fourth-order valence-corrected chi connectivity index (χ4v) is 15.7. The van der Waals surface area contributed by atoms with Crippen LogP contribution in [0.25, 0.3) is 0 Å². The number of nitrogens with zero attached hydrogens (tertiary/aromatic N) is 9. The fourth-order valence-electron chi connectivity index (χ4n) is 15.7. The van der Waals surface area contributed by atoms with Crippen LogP contribution in [0.2, 0.25) is 0 Å². The molecule has 5 saturated heterocycles. The van der Waals surface area contributed by atoms with Gasteiger partial charge in [0, 0.05) is 114 Å². The Hall–Kier alpha value is -12.8. The number of ether oxygens (including phenoxy) is 12. The number of rotatable bonds is 35. The Bertz CT molecular complexity index is 5000. The van der Waals surface area contributed by atoms with Gasteiger partial charge in [0.1, 0.15) is 39.6 Å². The van der Waals surface area contributed by atoms with E-state index in [1.807, 2.05) is 24.3 Å². The second-order valence-corrected chi connectivity index (χ2v) is 30.5. The molecule has 0 aromatic heterocycles. The maximum atomic E-state index is 13.5. The molecule has 6 aromatic carbocycles. The number of benzene rings is 6. The minimum atomic E-state index is -1.02. The number of hydrogen-bond donors (Lipinski definition) is 2. The lowest BCUT2D eigenvalue weighted by atomic mass is 10.0. The summed E-state index contributed by atoms with van der Waals surface area (Å²) in [6.07, 6.45) is 12.6. The summed E-state index contributed by atoms with van der Waals surface area (Å²) in [5.74, 6) is -0.126. The highest BCUT2D eigenvalue weighted by molar-refractivity contribution is 7.45. The normalized spacial score (nSPS) is 18.2. The first-order valence-corrected chi connectivity index (χ1v) is 40.5. The van der Waals surface area contributed by atoms with Crippen molar-refractivity contribution in [1.82, 2.24) is 24.7 Å². The smallest absolute Gasteiger partial charge is 0.358 e. The van der Waals surface area contributed by atoms with Crippen LogP contribution >= 0.6 is 0 Å². The molecule has 0 radical (unpaired) electrons. The SMILES string of the molecule is C=C1C[C@H]2C=Nc3cc(OCc4cc(CCCOCCOCC(=O)O)cc(COc5cc6c(cc5OC)C(=O)N5CC(=C)C[C@H]5C=N6)c4)c(OC)cc3C(=O)N2C1.C=C1C[C@H]2C=Nc3cc(OCc4cc(CCCOCCOCC(=O)ON5C(=O)CCC5=O)cc(COc5cc6c(cc5OC)C(=O)N5CC(=C)C[C@H]5C=N6)c4)c(OC)cc3C(=O)N2C1.N=S. The minimum Gasteiger partial charge on any atom is -0.493 e. The molecule has 5 fully saturated rings. The maximum Gasteiger partial charge on any atom is 0.358 e. The van der Waals surface area contributed by atoms with Crippen molar-refractivity contribution in [2.45, 2.75) is 115 Å². The zero-order chi connectivity index (χ0) is 87.0. The molecule has 2 N–H and O–H groups in total. The molecule has 6 amide bonds. The van der Waals surface area contributed by atoms with Crippen LogP contribution in [0.15, 0.2) is 154 Å². The average molecular weight is 1700 g/mol. The quantitative estimate of drug-likeness (QED) is 0.0212. The number of methoxy groups -OCH3 is 4. The van der Waals surface area contributed by atoms with Crippen LogP contribution in [-0.4, -0.2) is 234 Å². The first kappa shape index (κ1) is 88.0. The highest BCUT2D eigenvalue weighted by Crippen LogP contribution is 2.45. The number of aryl methyl sites for hydroxylation is 2. The molecule has 0 aliphatic carbocycles. The van der Waals surface area contributed by atoms with Gasteiger partial charge in [0.2, 0.25) is 0 Å². The Kier molecular flexibility index (Phi) is 29.1. The third-order valence-corrected chi connectivity index (χ3v) is 21.5. The van der Waals surface area contributed by atoms with Gasteiger partial charge in [-0.05, 0) is 121 Å². The molecule has 0 bridgehead atoms. The van der Waals surface area contributed by atoms with Crippen molar-refractivity contribution in [2.24, 2.45) is 20.0 Å². The monoisotopic (exact) mass is 1700 g/mol. The molecular weight excluding hydrogens is 1610 g/mol. The topological polar surface area (TPSA) is 366 Å². The number of fused-ring (bicyclic) bond motifs is 8. The minimum absolute atomic E-state index is 0.0108. The molecule has 9 aliphatic rings. The van der Waals surface area contributed by atoms with Gasteiger partial charge in [0.15, 0.2) is 46.0 Å². The number of aliphatic imine (C=N–C) groups is 4. The van der Waals surface area contributed by atoms with E-state index < -0.39 is 30.4 Å². The lowest BCUT2D eigenvalue weighted by Crippen LogP contribution is -2.35. The summed E-state index contributed by atoms with van der Waals surface area (Å²) in [7, 11) is 6.12. The Balaban J connectivity index is 0.000000209. The van der Waals surface area contributed by atoms with Crippen molar-refractivity contribution < 1.29 is 105 Å². The lowest BCUT2D eigenvalue weighted by Gasteiger charge is -2.20. The molecule has 0 spiro atoms.